The van der Waals surface area contributed by atoms with E-state index in [1.807, 2.05) is 25.1 Å². The molecule has 0 spiro atoms. The third-order valence-corrected chi connectivity index (χ3v) is 3.95. The zero-order chi connectivity index (χ0) is 23.0. The number of nitrogens with zero attached hydrogens (tertiary/aromatic N) is 2. The van der Waals surface area contributed by atoms with Gasteiger partial charge in [-0.05, 0) is 48.9 Å². The van der Waals surface area contributed by atoms with Gasteiger partial charge in [-0.1, -0.05) is 18.2 Å². The number of para-hydroxylation sites is 2. The maximum atomic E-state index is 12.2. The van der Waals surface area contributed by atoms with Gasteiger partial charge in [0.15, 0.2) is 17.5 Å². The lowest BCUT2D eigenvalue weighted by Gasteiger charge is -2.11. The van der Waals surface area contributed by atoms with Crippen molar-refractivity contribution in [3.8, 4) is 23.1 Å². The molecular formula is C22H21F3N4O3. The molecule has 168 valence electrons. The Hall–Kier alpha value is -3.95. The average Bonchev–Trinajstić information content (AvgIpc) is 2.75. The Labute approximate surface area is 182 Å². The van der Waals surface area contributed by atoms with Gasteiger partial charge in [0.25, 0.3) is 0 Å². The van der Waals surface area contributed by atoms with E-state index in [1.165, 1.54) is 24.3 Å². The molecule has 0 saturated heterocycles. The monoisotopic (exact) mass is 446 g/mol. The highest BCUT2D eigenvalue weighted by molar-refractivity contribution is 5.92. The summed E-state index contributed by atoms with van der Waals surface area (Å²) in [5, 5.41) is 2.80. The number of benzene rings is 2. The molecule has 0 aliphatic heterocycles. The minimum absolute atomic E-state index is 0.0976. The molecule has 3 rings (SSSR count). The van der Waals surface area contributed by atoms with Crippen molar-refractivity contribution < 1.29 is 27.4 Å². The average molecular weight is 446 g/mol. The standard InChI is InChI=1S/C22H21F3N4O3/c1-2-30-18-5-3-4-6-19(18)31-20-12-7-15(13-27-20)14-28-21(26)29-16-8-10-17(11-9-16)32-22(23,24)25/h3-13H,2,14H2,1H3,(H3,26,28,29). The predicted octanol–water partition coefficient (Wildman–Crippen LogP) is 5.10. The number of rotatable bonds is 8. The molecule has 0 fully saturated rings. The summed E-state index contributed by atoms with van der Waals surface area (Å²) in [6.45, 7) is 2.66. The first kappa shape index (κ1) is 22.7. The van der Waals surface area contributed by atoms with E-state index in [4.69, 9.17) is 15.2 Å². The number of pyridine rings is 1. The van der Waals surface area contributed by atoms with Crippen LogP contribution in [-0.4, -0.2) is 23.9 Å². The van der Waals surface area contributed by atoms with Crippen molar-refractivity contribution in [2.24, 2.45) is 10.7 Å². The zero-order valence-corrected chi connectivity index (χ0v) is 17.1. The number of ether oxygens (including phenoxy) is 3. The molecule has 0 radical (unpaired) electrons. The topological polar surface area (TPSA) is 91.0 Å². The van der Waals surface area contributed by atoms with Crippen LogP contribution in [0.4, 0.5) is 18.9 Å². The number of anilines is 1. The minimum Gasteiger partial charge on any atom is -0.490 e. The van der Waals surface area contributed by atoms with Crippen molar-refractivity contribution in [1.82, 2.24) is 4.98 Å². The number of hydrogen-bond donors (Lipinski definition) is 2. The van der Waals surface area contributed by atoms with Crippen molar-refractivity contribution in [2.45, 2.75) is 19.8 Å². The van der Waals surface area contributed by atoms with Crippen molar-refractivity contribution in [3.05, 3.63) is 72.4 Å². The Balaban J connectivity index is 1.55. The number of guanidine groups is 1. The fourth-order valence-corrected chi connectivity index (χ4v) is 2.59. The largest absolute Gasteiger partial charge is 0.573 e. The van der Waals surface area contributed by atoms with E-state index in [0.29, 0.717) is 29.7 Å². The number of nitrogens with one attached hydrogen (secondary N) is 1. The molecule has 0 bridgehead atoms. The number of halogens is 3. The number of nitrogens with two attached hydrogens (primary N) is 1. The molecule has 2 aromatic carbocycles. The summed E-state index contributed by atoms with van der Waals surface area (Å²) in [7, 11) is 0. The summed E-state index contributed by atoms with van der Waals surface area (Å²) in [6, 6.07) is 16.0. The second-order valence-corrected chi connectivity index (χ2v) is 6.39. The molecule has 0 aliphatic carbocycles. The van der Waals surface area contributed by atoms with Gasteiger partial charge in [0.05, 0.1) is 13.2 Å². The molecule has 10 heteroatoms. The van der Waals surface area contributed by atoms with E-state index in [0.717, 1.165) is 5.56 Å². The summed E-state index contributed by atoms with van der Waals surface area (Å²) in [4.78, 5) is 8.46. The van der Waals surface area contributed by atoms with Crippen LogP contribution < -0.4 is 25.3 Å². The summed E-state index contributed by atoms with van der Waals surface area (Å²) in [5.41, 5.74) is 7.09. The summed E-state index contributed by atoms with van der Waals surface area (Å²) < 4.78 is 51.7. The quantitative estimate of drug-likeness (QED) is 0.370. The molecule has 1 heterocycles. The van der Waals surface area contributed by atoms with E-state index in [2.05, 4.69) is 20.0 Å². The third-order valence-electron chi connectivity index (χ3n) is 3.95. The molecule has 0 amide bonds. The van der Waals surface area contributed by atoms with E-state index in [9.17, 15) is 13.2 Å². The summed E-state index contributed by atoms with van der Waals surface area (Å²) in [6.07, 6.45) is -3.13. The van der Waals surface area contributed by atoms with Gasteiger partial charge >= 0.3 is 6.36 Å². The van der Waals surface area contributed by atoms with Gasteiger partial charge in [-0.3, -0.25) is 0 Å². The van der Waals surface area contributed by atoms with Crippen molar-refractivity contribution in [2.75, 3.05) is 11.9 Å². The Morgan fingerprint density at radius 3 is 2.38 bits per heavy atom. The first-order valence-electron chi connectivity index (χ1n) is 9.60. The highest BCUT2D eigenvalue weighted by atomic mass is 19.4. The molecule has 0 aliphatic rings. The van der Waals surface area contributed by atoms with E-state index in [1.54, 1.807) is 24.4 Å². The Morgan fingerprint density at radius 1 is 1.03 bits per heavy atom. The zero-order valence-electron chi connectivity index (χ0n) is 17.1. The molecule has 32 heavy (non-hydrogen) atoms. The minimum atomic E-state index is -4.74. The fraction of sp³-hybridized carbons (Fsp3) is 0.182. The number of alkyl halides is 3. The van der Waals surface area contributed by atoms with Crippen molar-refractivity contribution in [1.29, 1.82) is 0 Å². The Morgan fingerprint density at radius 2 is 1.75 bits per heavy atom. The molecular weight excluding hydrogens is 425 g/mol. The van der Waals surface area contributed by atoms with Gasteiger partial charge in [0.2, 0.25) is 5.88 Å². The van der Waals surface area contributed by atoms with Gasteiger partial charge in [-0.15, -0.1) is 13.2 Å². The van der Waals surface area contributed by atoms with Crippen LogP contribution in [0.2, 0.25) is 0 Å². The summed E-state index contributed by atoms with van der Waals surface area (Å²) >= 11 is 0. The van der Waals surface area contributed by atoms with Crippen LogP contribution in [-0.2, 0) is 6.54 Å². The van der Waals surface area contributed by atoms with Crippen LogP contribution in [0.1, 0.15) is 12.5 Å². The highest BCUT2D eigenvalue weighted by Gasteiger charge is 2.30. The van der Waals surface area contributed by atoms with E-state index >= 15 is 0 Å². The Bertz CT molecular complexity index is 1040. The van der Waals surface area contributed by atoms with Gasteiger partial charge < -0.3 is 25.3 Å². The molecule has 1 aromatic heterocycles. The van der Waals surface area contributed by atoms with Crippen LogP contribution in [0.5, 0.6) is 23.1 Å². The van der Waals surface area contributed by atoms with E-state index in [-0.39, 0.29) is 18.3 Å². The van der Waals surface area contributed by atoms with Crippen molar-refractivity contribution in [3.63, 3.8) is 0 Å². The van der Waals surface area contributed by atoms with Crippen LogP contribution in [0.25, 0.3) is 0 Å². The van der Waals surface area contributed by atoms with Crippen LogP contribution in [0.3, 0.4) is 0 Å². The van der Waals surface area contributed by atoms with Gasteiger partial charge in [-0.2, -0.15) is 0 Å². The van der Waals surface area contributed by atoms with Crippen LogP contribution in [0, 0.1) is 0 Å². The molecule has 7 nitrogen and oxygen atoms in total. The normalized spacial score (nSPS) is 11.7. The molecule has 0 atom stereocenters. The number of hydrogen-bond acceptors (Lipinski definition) is 5. The number of aliphatic imine (C=N–C) groups is 1. The van der Waals surface area contributed by atoms with Gasteiger partial charge in [0.1, 0.15) is 5.75 Å². The number of aromatic nitrogens is 1. The van der Waals surface area contributed by atoms with E-state index < -0.39 is 6.36 Å². The lowest BCUT2D eigenvalue weighted by atomic mass is 10.3. The first-order valence-corrected chi connectivity index (χ1v) is 9.60. The summed E-state index contributed by atoms with van der Waals surface area (Å²) in [5.74, 6) is 1.36. The predicted molar refractivity (Wildman–Crippen MR) is 114 cm³/mol. The van der Waals surface area contributed by atoms with Crippen LogP contribution in [0.15, 0.2) is 71.9 Å². The van der Waals surface area contributed by atoms with Crippen molar-refractivity contribution >= 4 is 11.6 Å². The smallest absolute Gasteiger partial charge is 0.490 e. The molecule has 3 aromatic rings. The SMILES string of the molecule is CCOc1ccccc1Oc1ccc(CN=C(N)Nc2ccc(OC(F)(F)F)cc2)cn1. The maximum Gasteiger partial charge on any atom is 0.573 e. The van der Waals surface area contributed by atoms with Crippen LogP contribution >= 0.6 is 0 Å². The molecule has 0 unspecified atom stereocenters. The fourth-order valence-electron chi connectivity index (χ4n) is 2.59. The third kappa shape index (κ3) is 7.08. The molecule has 3 N–H and O–H groups in total. The van der Waals surface area contributed by atoms with Gasteiger partial charge in [0, 0.05) is 18.0 Å². The maximum absolute atomic E-state index is 12.2. The lowest BCUT2D eigenvalue weighted by Crippen LogP contribution is -2.22. The second kappa shape index (κ2) is 10.4. The molecule has 0 saturated carbocycles. The highest BCUT2D eigenvalue weighted by Crippen LogP contribution is 2.30. The second-order valence-electron chi connectivity index (χ2n) is 6.39. The first-order chi connectivity index (χ1) is 15.3. The lowest BCUT2D eigenvalue weighted by molar-refractivity contribution is -0.274. The van der Waals surface area contributed by atoms with Gasteiger partial charge in [-0.25, -0.2) is 9.98 Å². The Kier molecular flexibility index (Phi) is 7.37.